The van der Waals surface area contributed by atoms with Gasteiger partial charge in [-0.2, -0.15) is 0 Å². The fourth-order valence-corrected chi connectivity index (χ4v) is 2.69. The van der Waals surface area contributed by atoms with Gasteiger partial charge in [-0.1, -0.05) is 19.0 Å². The molecule has 1 aliphatic rings. The number of piperazine rings is 1. The first-order chi connectivity index (χ1) is 12.3. The zero-order chi connectivity index (χ0) is 19.1. The van der Waals surface area contributed by atoms with Crippen molar-refractivity contribution in [3.8, 4) is 0 Å². The first-order valence-electron chi connectivity index (χ1n) is 9.23. The van der Waals surface area contributed by atoms with Crippen molar-refractivity contribution < 1.29 is 9.32 Å². The van der Waals surface area contributed by atoms with Crippen LogP contribution in [-0.4, -0.2) is 85.1 Å². The van der Waals surface area contributed by atoms with Crippen molar-refractivity contribution in [2.24, 2.45) is 10.9 Å². The van der Waals surface area contributed by atoms with Crippen LogP contribution in [0.4, 0.5) is 0 Å². The standard InChI is InChI=1S/C18H32N6O2.HI/c1-14(2)11-19-18(20-12-17(25)22(4)5)24-8-6-23(7-9-24)13-16-10-15(3)26-21-16;/h10,14H,6-9,11-13H2,1-5H3,(H,19,20);1H. The number of amides is 1. The molecule has 27 heavy (non-hydrogen) atoms. The number of nitrogens with zero attached hydrogens (tertiary/aromatic N) is 5. The fourth-order valence-electron chi connectivity index (χ4n) is 2.69. The van der Waals surface area contributed by atoms with Gasteiger partial charge in [-0.3, -0.25) is 9.69 Å². The molecule has 0 aromatic carbocycles. The molecule has 2 rings (SSSR count). The van der Waals surface area contributed by atoms with Crippen molar-refractivity contribution in [1.82, 2.24) is 25.2 Å². The zero-order valence-electron chi connectivity index (χ0n) is 17.1. The molecule has 1 N–H and O–H groups in total. The van der Waals surface area contributed by atoms with E-state index in [1.807, 2.05) is 13.0 Å². The van der Waals surface area contributed by atoms with Crippen molar-refractivity contribution in [1.29, 1.82) is 0 Å². The topological polar surface area (TPSA) is 77.2 Å². The Kier molecular flexibility index (Phi) is 10.1. The molecule has 0 aliphatic carbocycles. The van der Waals surface area contributed by atoms with Gasteiger partial charge in [0, 0.05) is 59.4 Å². The molecule has 8 nitrogen and oxygen atoms in total. The number of hydrogen-bond donors (Lipinski definition) is 1. The number of carbonyl (C=O) groups is 1. The van der Waals surface area contributed by atoms with Crippen LogP contribution in [-0.2, 0) is 11.3 Å². The van der Waals surface area contributed by atoms with Crippen LogP contribution in [0, 0.1) is 12.8 Å². The van der Waals surface area contributed by atoms with Crippen LogP contribution >= 0.6 is 24.0 Å². The third kappa shape index (κ3) is 8.04. The molecule has 0 bridgehead atoms. The van der Waals surface area contributed by atoms with E-state index in [0.29, 0.717) is 5.92 Å². The molecule has 2 heterocycles. The minimum Gasteiger partial charge on any atom is -0.361 e. The number of guanidine groups is 1. The van der Waals surface area contributed by atoms with E-state index in [0.717, 1.165) is 56.7 Å². The highest BCUT2D eigenvalue weighted by molar-refractivity contribution is 14.0. The number of aliphatic imine (C=N–C) groups is 1. The lowest BCUT2D eigenvalue weighted by atomic mass is 10.2. The molecule has 1 aromatic heterocycles. The number of halogens is 1. The molecule has 0 atom stereocenters. The lowest BCUT2D eigenvalue weighted by Crippen LogP contribution is -2.52. The molecule has 0 unspecified atom stereocenters. The van der Waals surface area contributed by atoms with Crippen molar-refractivity contribution >= 4 is 35.8 Å². The smallest absolute Gasteiger partial charge is 0.243 e. The third-order valence-electron chi connectivity index (χ3n) is 4.27. The van der Waals surface area contributed by atoms with Gasteiger partial charge in [-0.05, 0) is 12.8 Å². The summed E-state index contributed by atoms with van der Waals surface area (Å²) in [7, 11) is 3.51. The number of nitrogens with one attached hydrogen (secondary N) is 1. The van der Waals surface area contributed by atoms with Crippen LogP contribution in [0.1, 0.15) is 25.3 Å². The number of carbonyl (C=O) groups excluding carboxylic acids is 1. The van der Waals surface area contributed by atoms with E-state index in [1.165, 1.54) is 0 Å². The Morgan fingerprint density at radius 2 is 2.00 bits per heavy atom. The van der Waals surface area contributed by atoms with E-state index in [4.69, 9.17) is 4.52 Å². The maximum absolute atomic E-state index is 11.9. The van der Waals surface area contributed by atoms with Crippen LogP contribution in [0.3, 0.4) is 0 Å². The minimum absolute atomic E-state index is 0. The molecule has 9 heteroatoms. The van der Waals surface area contributed by atoms with Crippen LogP contribution in [0.2, 0.25) is 0 Å². The largest absolute Gasteiger partial charge is 0.361 e. The summed E-state index contributed by atoms with van der Waals surface area (Å²) < 4.78 is 5.14. The molecule has 154 valence electrons. The second kappa shape index (κ2) is 11.5. The molecule has 1 amide bonds. The summed E-state index contributed by atoms with van der Waals surface area (Å²) in [5.41, 5.74) is 0.972. The summed E-state index contributed by atoms with van der Waals surface area (Å²) in [4.78, 5) is 22.6. The Morgan fingerprint density at radius 1 is 1.33 bits per heavy atom. The van der Waals surface area contributed by atoms with Gasteiger partial charge >= 0.3 is 0 Å². The Hall–Kier alpha value is -1.36. The van der Waals surface area contributed by atoms with E-state index >= 15 is 0 Å². The number of hydrogen-bond acceptors (Lipinski definition) is 5. The van der Waals surface area contributed by atoms with E-state index in [1.54, 1.807) is 19.0 Å². The van der Waals surface area contributed by atoms with Gasteiger partial charge in [0.1, 0.15) is 12.3 Å². The summed E-state index contributed by atoms with van der Waals surface area (Å²) in [5.74, 6) is 2.19. The highest BCUT2D eigenvalue weighted by Crippen LogP contribution is 2.09. The third-order valence-corrected chi connectivity index (χ3v) is 4.27. The normalized spacial score (nSPS) is 15.6. The van der Waals surface area contributed by atoms with Crippen molar-refractivity contribution in [2.75, 3.05) is 53.4 Å². The predicted molar refractivity (Wildman–Crippen MR) is 117 cm³/mol. The summed E-state index contributed by atoms with van der Waals surface area (Å²) in [6.45, 7) is 11.6. The van der Waals surface area contributed by atoms with E-state index in [9.17, 15) is 4.79 Å². The van der Waals surface area contributed by atoms with E-state index in [2.05, 4.69) is 39.1 Å². The molecular formula is C18H33IN6O2. The first kappa shape index (κ1) is 23.7. The zero-order valence-corrected chi connectivity index (χ0v) is 19.4. The van der Waals surface area contributed by atoms with E-state index in [-0.39, 0.29) is 36.4 Å². The maximum atomic E-state index is 11.9. The lowest BCUT2D eigenvalue weighted by molar-refractivity contribution is -0.127. The van der Waals surface area contributed by atoms with Gasteiger partial charge in [0.25, 0.3) is 0 Å². The Bertz CT molecular complexity index is 609. The summed E-state index contributed by atoms with van der Waals surface area (Å²) >= 11 is 0. The number of rotatable bonds is 6. The van der Waals surface area contributed by atoms with Gasteiger partial charge in [-0.15, -0.1) is 24.0 Å². The highest BCUT2D eigenvalue weighted by atomic mass is 127. The van der Waals surface area contributed by atoms with Crippen LogP contribution in [0.5, 0.6) is 0 Å². The Labute approximate surface area is 179 Å². The number of aryl methyl sites for hydroxylation is 1. The van der Waals surface area contributed by atoms with Gasteiger partial charge in [0.05, 0.1) is 5.69 Å². The number of aromatic nitrogens is 1. The molecule has 1 fully saturated rings. The maximum Gasteiger partial charge on any atom is 0.243 e. The van der Waals surface area contributed by atoms with Gasteiger partial charge in [0.2, 0.25) is 5.91 Å². The van der Waals surface area contributed by atoms with Crippen molar-refractivity contribution in [3.63, 3.8) is 0 Å². The average Bonchev–Trinajstić information content (AvgIpc) is 3.00. The molecule has 1 aliphatic heterocycles. The highest BCUT2D eigenvalue weighted by Gasteiger charge is 2.21. The second-order valence-electron chi connectivity index (χ2n) is 7.39. The van der Waals surface area contributed by atoms with Crippen molar-refractivity contribution in [3.05, 3.63) is 17.5 Å². The molecule has 1 saturated heterocycles. The van der Waals surface area contributed by atoms with Gasteiger partial charge < -0.3 is 19.6 Å². The molecule has 0 saturated carbocycles. The minimum atomic E-state index is 0. The second-order valence-corrected chi connectivity index (χ2v) is 7.39. The molecule has 1 aromatic rings. The molecule has 0 spiro atoms. The Morgan fingerprint density at radius 3 is 2.52 bits per heavy atom. The SMILES string of the molecule is Cc1cc(CN2CCN(C(=NCC(=O)N(C)C)NCC(C)C)CC2)no1.I. The molecular weight excluding hydrogens is 459 g/mol. The van der Waals surface area contributed by atoms with Gasteiger partial charge in [0.15, 0.2) is 5.96 Å². The molecule has 0 radical (unpaired) electrons. The first-order valence-corrected chi connectivity index (χ1v) is 9.23. The number of likely N-dealkylation sites (N-methyl/N-ethyl adjacent to an activating group) is 1. The monoisotopic (exact) mass is 492 g/mol. The van der Waals surface area contributed by atoms with Crippen molar-refractivity contribution in [2.45, 2.75) is 27.3 Å². The quantitative estimate of drug-likeness (QED) is 0.368. The van der Waals surface area contributed by atoms with Crippen LogP contribution in [0.15, 0.2) is 15.6 Å². The Balaban J connectivity index is 0.00000364. The predicted octanol–water partition coefficient (Wildman–Crippen LogP) is 1.41. The van der Waals surface area contributed by atoms with Crippen LogP contribution in [0.25, 0.3) is 0 Å². The summed E-state index contributed by atoms with van der Waals surface area (Å²) in [6.07, 6.45) is 0. The van der Waals surface area contributed by atoms with Crippen LogP contribution < -0.4 is 5.32 Å². The fraction of sp³-hybridized carbons (Fsp3) is 0.722. The lowest BCUT2D eigenvalue weighted by Gasteiger charge is -2.36. The summed E-state index contributed by atoms with van der Waals surface area (Å²) in [6, 6.07) is 1.98. The van der Waals surface area contributed by atoms with E-state index < -0.39 is 0 Å². The summed E-state index contributed by atoms with van der Waals surface area (Å²) in [5, 5.41) is 7.48. The average molecular weight is 492 g/mol. The van der Waals surface area contributed by atoms with Gasteiger partial charge in [-0.25, -0.2) is 4.99 Å².